The third-order valence-electron chi connectivity index (χ3n) is 4.98. The molecule has 26 heavy (non-hydrogen) atoms. The van der Waals surface area contributed by atoms with Gasteiger partial charge < -0.3 is 15.0 Å². The number of nitrogens with zero attached hydrogens (tertiary/aromatic N) is 3. The van der Waals surface area contributed by atoms with E-state index < -0.39 is 0 Å². The number of rotatable bonds is 4. The molecule has 2 aliphatic rings. The molecule has 1 aromatic heterocycles. The van der Waals surface area contributed by atoms with Gasteiger partial charge in [0.25, 0.3) is 0 Å². The largest absolute Gasteiger partial charge is 0.373 e. The molecule has 1 saturated heterocycles. The number of aryl methyl sites for hydroxylation is 1. The molecule has 1 aliphatic heterocycles. The topological polar surface area (TPSA) is 59.4 Å². The van der Waals surface area contributed by atoms with E-state index in [0.717, 1.165) is 17.0 Å². The lowest BCUT2D eigenvalue weighted by molar-refractivity contribution is -0.0238. The van der Waals surface area contributed by atoms with Gasteiger partial charge in [-0.1, -0.05) is 23.7 Å². The smallest absolute Gasteiger partial charge is 0.317 e. The Morgan fingerprint density at radius 3 is 2.92 bits per heavy atom. The quantitative estimate of drug-likeness (QED) is 0.895. The molecule has 138 valence electrons. The summed E-state index contributed by atoms with van der Waals surface area (Å²) in [4.78, 5) is 14.4. The molecular formula is C19H23ClN4O2. The average molecular weight is 375 g/mol. The van der Waals surface area contributed by atoms with Crippen LogP contribution < -0.4 is 5.32 Å². The highest BCUT2D eigenvalue weighted by Gasteiger charge is 2.40. The first-order valence-electron chi connectivity index (χ1n) is 9.00. The van der Waals surface area contributed by atoms with E-state index in [1.165, 1.54) is 5.56 Å². The zero-order chi connectivity index (χ0) is 18.1. The normalized spacial score (nSPS) is 25.2. The van der Waals surface area contributed by atoms with E-state index in [4.69, 9.17) is 16.3 Å². The van der Waals surface area contributed by atoms with Crippen LogP contribution in [0, 0.1) is 6.92 Å². The molecule has 1 aromatic carbocycles. The van der Waals surface area contributed by atoms with Gasteiger partial charge in [-0.05, 0) is 36.6 Å². The van der Waals surface area contributed by atoms with Crippen molar-refractivity contribution in [2.24, 2.45) is 0 Å². The van der Waals surface area contributed by atoms with Gasteiger partial charge in [0.15, 0.2) is 0 Å². The molecule has 0 radical (unpaired) electrons. The molecule has 2 heterocycles. The van der Waals surface area contributed by atoms with Crippen molar-refractivity contribution in [3.63, 3.8) is 0 Å². The van der Waals surface area contributed by atoms with E-state index in [9.17, 15) is 4.79 Å². The highest BCUT2D eigenvalue weighted by atomic mass is 35.5. The van der Waals surface area contributed by atoms with E-state index in [1.807, 2.05) is 53.2 Å². The van der Waals surface area contributed by atoms with Crippen molar-refractivity contribution in [2.75, 3.05) is 19.7 Å². The van der Waals surface area contributed by atoms with Crippen molar-refractivity contribution < 1.29 is 9.53 Å². The van der Waals surface area contributed by atoms with Gasteiger partial charge >= 0.3 is 6.03 Å². The predicted molar refractivity (Wildman–Crippen MR) is 99.4 cm³/mol. The van der Waals surface area contributed by atoms with Crippen LogP contribution in [0.4, 0.5) is 4.79 Å². The van der Waals surface area contributed by atoms with E-state index in [1.54, 1.807) is 0 Å². The molecule has 1 aliphatic carbocycles. The fraction of sp³-hybridized carbons (Fsp3) is 0.474. The van der Waals surface area contributed by atoms with Gasteiger partial charge in [-0.3, -0.25) is 4.68 Å². The van der Waals surface area contributed by atoms with E-state index in [2.05, 4.69) is 10.4 Å². The lowest BCUT2D eigenvalue weighted by Gasteiger charge is -2.33. The SMILES string of the molecule is Cc1cnn(CC2CN(C(=O)N[C@@H]3C[C@H]3c3ccc(Cl)cc3)CCO2)c1. The number of benzene rings is 1. The van der Waals surface area contributed by atoms with E-state index in [-0.39, 0.29) is 18.2 Å². The van der Waals surface area contributed by atoms with Crippen LogP contribution in [0.1, 0.15) is 23.5 Å². The first-order valence-corrected chi connectivity index (χ1v) is 9.38. The molecule has 3 atom stereocenters. The lowest BCUT2D eigenvalue weighted by atomic mass is 10.1. The van der Waals surface area contributed by atoms with Crippen LogP contribution in [0.2, 0.25) is 5.02 Å². The third kappa shape index (κ3) is 4.02. The first kappa shape index (κ1) is 17.4. The van der Waals surface area contributed by atoms with Crippen LogP contribution in [-0.4, -0.2) is 52.6 Å². The van der Waals surface area contributed by atoms with E-state index >= 15 is 0 Å². The van der Waals surface area contributed by atoms with Crippen molar-refractivity contribution in [1.29, 1.82) is 0 Å². The van der Waals surface area contributed by atoms with Crippen LogP contribution in [-0.2, 0) is 11.3 Å². The number of carbonyl (C=O) groups is 1. The zero-order valence-electron chi connectivity index (χ0n) is 14.8. The summed E-state index contributed by atoms with van der Waals surface area (Å²) in [7, 11) is 0. The minimum atomic E-state index is -0.0277. The van der Waals surface area contributed by atoms with Crippen LogP contribution >= 0.6 is 11.6 Å². The van der Waals surface area contributed by atoms with Gasteiger partial charge in [-0.15, -0.1) is 0 Å². The van der Waals surface area contributed by atoms with Gasteiger partial charge in [0, 0.05) is 29.7 Å². The molecule has 2 aromatic rings. The maximum Gasteiger partial charge on any atom is 0.317 e. The minimum absolute atomic E-state index is 0.00332. The van der Waals surface area contributed by atoms with Gasteiger partial charge in [-0.2, -0.15) is 5.10 Å². The van der Waals surface area contributed by atoms with Crippen molar-refractivity contribution >= 4 is 17.6 Å². The average Bonchev–Trinajstić information content (AvgIpc) is 3.28. The minimum Gasteiger partial charge on any atom is -0.373 e. The number of aromatic nitrogens is 2. The van der Waals surface area contributed by atoms with Crippen molar-refractivity contribution in [1.82, 2.24) is 20.0 Å². The number of hydrogen-bond donors (Lipinski definition) is 1. The van der Waals surface area contributed by atoms with Crippen LogP contribution in [0.15, 0.2) is 36.7 Å². The number of nitrogens with one attached hydrogen (secondary N) is 1. The Labute approximate surface area is 158 Å². The number of amides is 2. The van der Waals surface area contributed by atoms with Gasteiger partial charge in [0.05, 0.1) is 32.0 Å². The summed E-state index contributed by atoms with van der Waals surface area (Å²) < 4.78 is 7.67. The van der Waals surface area contributed by atoms with E-state index in [0.29, 0.717) is 32.2 Å². The maximum atomic E-state index is 12.6. The van der Waals surface area contributed by atoms with Gasteiger partial charge in [-0.25, -0.2) is 4.79 Å². The molecule has 2 amide bonds. The summed E-state index contributed by atoms with van der Waals surface area (Å²) in [5.74, 6) is 0.389. The number of urea groups is 1. The number of morpholine rings is 1. The summed E-state index contributed by atoms with van der Waals surface area (Å²) in [6.07, 6.45) is 4.77. The van der Waals surface area contributed by atoms with Crippen molar-refractivity contribution in [3.8, 4) is 0 Å². The molecule has 7 heteroatoms. The lowest BCUT2D eigenvalue weighted by Crippen LogP contribution is -2.51. The number of halogens is 1. The Morgan fingerprint density at radius 2 is 2.19 bits per heavy atom. The Balaban J connectivity index is 1.28. The van der Waals surface area contributed by atoms with Gasteiger partial charge in [0.1, 0.15) is 0 Å². The molecule has 6 nitrogen and oxygen atoms in total. The number of hydrogen-bond acceptors (Lipinski definition) is 3. The Kier molecular flexibility index (Phi) is 4.87. The predicted octanol–water partition coefficient (Wildman–Crippen LogP) is 2.81. The molecule has 1 saturated carbocycles. The third-order valence-corrected chi connectivity index (χ3v) is 5.23. The Bertz CT molecular complexity index is 776. The highest BCUT2D eigenvalue weighted by Crippen LogP contribution is 2.41. The molecule has 0 bridgehead atoms. The summed E-state index contributed by atoms with van der Waals surface area (Å²) in [6, 6.07) is 8.08. The fourth-order valence-electron chi connectivity index (χ4n) is 3.47. The fourth-order valence-corrected chi connectivity index (χ4v) is 3.60. The monoisotopic (exact) mass is 374 g/mol. The second kappa shape index (κ2) is 7.29. The molecule has 4 rings (SSSR count). The first-order chi connectivity index (χ1) is 12.6. The second-order valence-electron chi connectivity index (χ2n) is 7.13. The molecule has 0 spiro atoms. The summed E-state index contributed by atoms with van der Waals surface area (Å²) in [5, 5.41) is 8.19. The van der Waals surface area contributed by atoms with Crippen LogP contribution in [0.25, 0.3) is 0 Å². The van der Waals surface area contributed by atoms with Crippen LogP contribution in [0.5, 0.6) is 0 Å². The molecule has 2 fully saturated rings. The van der Waals surface area contributed by atoms with Crippen molar-refractivity contribution in [2.45, 2.75) is 38.0 Å². The Hall–Kier alpha value is -2.05. The molecule has 1 N–H and O–H groups in total. The zero-order valence-corrected chi connectivity index (χ0v) is 15.5. The summed E-state index contributed by atoms with van der Waals surface area (Å²) in [6.45, 7) is 4.44. The number of ether oxygens (including phenoxy) is 1. The molecular weight excluding hydrogens is 352 g/mol. The standard InChI is InChI=1S/C19H23ClN4O2/c1-13-9-21-24(10-13)12-16-11-23(6-7-26-16)19(25)22-18-8-17(18)14-2-4-15(20)5-3-14/h2-5,9-10,16-18H,6-8,11-12H2,1H3,(H,22,25)/t16?,17-,18+/m0/s1. The summed E-state index contributed by atoms with van der Waals surface area (Å²) in [5.41, 5.74) is 2.35. The van der Waals surface area contributed by atoms with Crippen molar-refractivity contribution in [3.05, 3.63) is 52.8 Å². The summed E-state index contributed by atoms with van der Waals surface area (Å²) >= 11 is 5.94. The Morgan fingerprint density at radius 1 is 1.38 bits per heavy atom. The maximum absolute atomic E-state index is 12.6. The van der Waals surface area contributed by atoms with Crippen LogP contribution in [0.3, 0.4) is 0 Å². The highest BCUT2D eigenvalue weighted by molar-refractivity contribution is 6.30. The second-order valence-corrected chi connectivity index (χ2v) is 7.56. The van der Waals surface area contributed by atoms with Gasteiger partial charge in [0.2, 0.25) is 0 Å². The number of carbonyl (C=O) groups excluding carboxylic acids is 1. The molecule has 1 unspecified atom stereocenters.